The second kappa shape index (κ2) is 7.92. The molecule has 1 aromatic rings. The van der Waals surface area contributed by atoms with Crippen LogP contribution in [0.5, 0.6) is 0 Å². The molecule has 1 amide bonds. The summed E-state index contributed by atoms with van der Waals surface area (Å²) in [6.07, 6.45) is -0.648. The molecular weight excluding hydrogens is 314 g/mol. The van der Waals surface area contributed by atoms with Crippen LogP contribution in [0.15, 0.2) is 30.3 Å². The number of carboxylic acids is 1. The van der Waals surface area contributed by atoms with Gasteiger partial charge in [-0.2, -0.15) is 0 Å². The summed E-state index contributed by atoms with van der Waals surface area (Å²) in [4.78, 5) is 35.9. The van der Waals surface area contributed by atoms with Crippen LogP contribution in [0.1, 0.15) is 25.3 Å². The number of aliphatic hydroxyl groups excluding tert-OH is 1. The van der Waals surface area contributed by atoms with Crippen molar-refractivity contribution in [3.8, 4) is 0 Å². The summed E-state index contributed by atoms with van der Waals surface area (Å²) in [6, 6.07) is 8.58. The normalized spacial score (nSPS) is 19.6. The zero-order valence-corrected chi connectivity index (χ0v) is 13.4. The van der Waals surface area contributed by atoms with Crippen molar-refractivity contribution >= 4 is 17.8 Å². The topological polar surface area (TPSA) is 104 Å². The third-order valence-electron chi connectivity index (χ3n) is 4.27. The maximum atomic E-state index is 12.3. The molecule has 1 aliphatic rings. The number of benzene rings is 1. The van der Waals surface area contributed by atoms with Crippen molar-refractivity contribution in [2.75, 3.05) is 6.54 Å². The first-order valence-corrected chi connectivity index (χ1v) is 7.84. The van der Waals surface area contributed by atoms with Gasteiger partial charge in [-0.1, -0.05) is 37.3 Å². The number of aliphatic hydroxyl groups is 1. The highest BCUT2D eigenvalue weighted by Gasteiger charge is 2.40. The van der Waals surface area contributed by atoms with Gasteiger partial charge in [0.2, 0.25) is 5.78 Å². The molecule has 0 saturated carbocycles. The number of amides is 1. The fourth-order valence-electron chi connectivity index (χ4n) is 2.86. The lowest BCUT2D eigenvalue weighted by Crippen LogP contribution is -2.47. The number of hydrogen-bond acceptors (Lipinski definition) is 5. The van der Waals surface area contributed by atoms with E-state index in [-0.39, 0.29) is 6.61 Å². The molecular formula is C17H21NO6. The Hall–Kier alpha value is -2.41. The van der Waals surface area contributed by atoms with Gasteiger partial charge < -0.3 is 19.8 Å². The predicted molar refractivity (Wildman–Crippen MR) is 84.2 cm³/mol. The summed E-state index contributed by atoms with van der Waals surface area (Å²) in [5.74, 6) is -3.74. The van der Waals surface area contributed by atoms with Crippen LogP contribution in [0.25, 0.3) is 0 Å². The Morgan fingerprint density at radius 3 is 2.58 bits per heavy atom. The minimum Gasteiger partial charge on any atom is -0.475 e. The molecule has 1 heterocycles. The van der Waals surface area contributed by atoms with E-state index in [9.17, 15) is 19.5 Å². The molecule has 24 heavy (non-hydrogen) atoms. The van der Waals surface area contributed by atoms with Crippen LogP contribution >= 0.6 is 0 Å². The van der Waals surface area contributed by atoms with Crippen molar-refractivity contribution in [2.45, 2.75) is 38.5 Å². The molecule has 0 bridgehead atoms. The zero-order chi connectivity index (χ0) is 17.7. The Balaban J connectivity index is 1.97. The summed E-state index contributed by atoms with van der Waals surface area (Å²) >= 11 is 0. The molecule has 7 nitrogen and oxygen atoms in total. The van der Waals surface area contributed by atoms with E-state index >= 15 is 0 Å². The highest BCUT2D eigenvalue weighted by atomic mass is 16.6. The molecule has 0 radical (unpaired) electrons. The van der Waals surface area contributed by atoms with E-state index in [1.54, 1.807) is 0 Å². The molecule has 2 N–H and O–H groups in total. The van der Waals surface area contributed by atoms with Gasteiger partial charge in [-0.25, -0.2) is 9.59 Å². The number of hydrogen-bond donors (Lipinski definition) is 2. The number of aliphatic carboxylic acids is 1. The van der Waals surface area contributed by atoms with E-state index in [0.717, 1.165) is 5.56 Å². The summed E-state index contributed by atoms with van der Waals surface area (Å²) in [6.45, 7) is 1.87. The van der Waals surface area contributed by atoms with E-state index in [1.807, 2.05) is 30.3 Å². The molecule has 130 valence electrons. The SMILES string of the molecule is C[C@@H](C(=O)C(=O)O)[C@@H](O)[C@H]1CCCN1C(=O)OCc1ccccc1. The molecule has 3 atom stereocenters. The van der Waals surface area contributed by atoms with Crippen molar-refractivity contribution in [2.24, 2.45) is 5.92 Å². The minimum absolute atomic E-state index is 0.114. The van der Waals surface area contributed by atoms with Crippen LogP contribution in [-0.2, 0) is 20.9 Å². The highest BCUT2D eigenvalue weighted by molar-refractivity contribution is 6.33. The average Bonchev–Trinajstić information content (AvgIpc) is 3.08. The van der Waals surface area contributed by atoms with Crippen molar-refractivity contribution in [3.63, 3.8) is 0 Å². The second-order valence-electron chi connectivity index (χ2n) is 5.89. The van der Waals surface area contributed by atoms with Crippen LogP contribution in [0, 0.1) is 5.92 Å². The monoisotopic (exact) mass is 335 g/mol. The lowest BCUT2D eigenvalue weighted by molar-refractivity contribution is -0.153. The summed E-state index contributed by atoms with van der Waals surface area (Å²) in [5, 5.41) is 19.1. The quantitative estimate of drug-likeness (QED) is 0.762. The summed E-state index contributed by atoms with van der Waals surface area (Å²) in [5.41, 5.74) is 0.844. The molecule has 0 spiro atoms. The van der Waals surface area contributed by atoms with Gasteiger partial charge in [-0.15, -0.1) is 0 Å². The van der Waals surface area contributed by atoms with Crippen molar-refractivity contribution in [1.82, 2.24) is 4.90 Å². The summed E-state index contributed by atoms with van der Waals surface area (Å²) in [7, 11) is 0. The van der Waals surface area contributed by atoms with E-state index in [2.05, 4.69) is 0 Å². The predicted octanol–water partition coefficient (Wildman–Crippen LogP) is 1.44. The summed E-state index contributed by atoms with van der Waals surface area (Å²) < 4.78 is 5.25. The molecule has 0 aliphatic carbocycles. The number of carbonyl (C=O) groups excluding carboxylic acids is 2. The highest BCUT2D eigenvalue weighted by Crippen LogP contribution is 2.25. The lowest BCUT2D eigenvalue weighted by Gasteiger charge is -2.30. The molecule has 1 fully saturated rings. The van der Waals surface area contributed by atoms with Gasteiger partial charge in [0.05, 0.1) is 18.1 Å². The van der Waals surface area contributed by atoms with E-state index in [1.165, 1.54) is 11.8 Å². The van der Waals surface area contributed by atoms with Gasteiger partial charge in [-0.05, 0) is 18.4 Å². The second-order valence-corrected chi connectivity index (χ2v) is 5.89. The van der Waals surface area contributed by atoms with Crippen LogP contribution in [-0.4, -0.2) is 51.6 Å². The van der Waals surface area contributed by atoms with E-state index < -0.39 is 35.9 Å². The Kier molecular flexibility index (Phi) is 5.92. The number of carbonyl (C=O) groups is 3. The first-order valence-electron chi connectivity index (χ1n) is 7.84. The van der Waals surface area contributed by atoms with Gasteiger partial charge in [0.15, 0.2) is 0 Å². The first-order chi connectivity index (χ1) is 11.4. The number of ether oxygens (including phenoxy) is 1. The van der Waals surface area contributed by atoms with E-state index in [4.69, 9.17) is 9.84 Å². The van der Waals surface area contributed by atoms with Gasteiger partial charge in [0.1, 0.15) is 6.61 Å². The smallest absolute Gasteiger partial charge is 0.410 e. The molecule has 1 saturated heterocycles. The fourth-order valence-corrected chi connectivity index (χ4v) is 2.86. The first kappa shape index (κ1) is 17.9. The van der Waals surface area contributed by atoms with Crippen molar-refractivity contribution < 1.29 is 29.3 Å². The largest absolute Gasteiger partial charge is 0.475 e. The number of rotatable bonds is 6. The maximum absolute atomic E-state index is 12.3. The Morgan fingerprint density at radius 2 is 1.96 bits per heavy atom. The zero-order valence-electron chi connectivity index (χ0n) is 13.4. The van der Waals surface area contributed by atoms with Gasteiger partial charge >= 0.3 is 12.1 Å². The number of nitrogens with zero attached hydrogens (tertiary/aromatic N) is 1. The third kappa shape index (κ3) is 4.11. The maximum Gasteiger partial charge on any atom is 0.410 e. The number of ketones is 1. The van der Waals surface area contributed by atoms with E-state index in [0.29, 0.717) is 19.4 Å². The molecule has 0 aromatic heterocycles. The van der Waals surface area contributed by atoms with Gasteiger partial charge in [0.25, 0.3) is 0 Å². The standard InChI is InChI=1S/C17H21NO6/c1-11(15(20)16(21)22)14(19)13-8-5-9-18(13)17(23)24-10-12-6-3-2-4-7-12/h2-4,6-7,11,13-14,19H,5,8-10H2,1H3,(H,21,22)/t11-,13-,14-/m1/s1. The molecule has 1 aliphatic heterocycles. The number of Topliss-reactive ketones (excluding diaryl/α,β-unsaturated/α-hetero) is 1. The Morgan fingerprint density at radius 1 is 1.29 bits per heavy atom. The van der Waals surface area contributed by atoms with Gasteiger partial charge in [0, 0.05) is 6.54 Å². The average molecular weight is 335 g/mol. The lowest BCUT2D eigenvalue weighted by atomic mass is 9.92. The molecule has 1 aromatic carbocycles. The number of likely N-dealkylation sites (tertiary alicyclic amines) is 1. The molecule has 0 unspecified atom stereocenters. The van der Waals surface area contributed by atoms with Crippen LogP contribution in [0.4, 0.5) is 4.79 Å². The van der Waals surface area contributed by atoms with Crippen LogP contribution < -0.4 is 0 Å². The van der Waals surface area contributed by atoms with Crippen LogP contribution in [0.2, 0.25) is 0 Å². The fraction of sp³-hybridized carbons (Fsp3) is 0.471. The third-order valence-corrected chi connectivity index (χ3v) is 4.27. The van der Waals surface area contributed by atoms with Crippen LogP contribution in [0.3, 0.4) is 0 Å². The van der Waals surface area contributed by atoms with Crippen molar-refractivity contribution in [1.29, 1.82) is 0 Å². The Labute approximate surface area is 139 Å². The number of carboxylic acid groups (broad SMARTS) is 1. The minimum atomic E-state index is -1.59. The van der Waals surface area contributed by atoms with Crippen molar-refractivity contribution in [3.05, 3.63) is 35.9 Å². The van der Waals surface area contributed by atoms with Gasteiger partial charge in [-0.3, -0.25) is 4.79 Å². The molecule has 7 heteroatoms. The molecule has 2 rings (SSSR count). The Bertz CT molecular complexity index is 602.